The van der Waals surface area contributed by atoms with E-state index < -0.39 is 0 Å². The molecule has 22 heavy (non-hydrogen) atoms. The third-order valence-corrected chi connectivity index (χ3v) is 4.51. The molecule has 0 aliphatic carbocycles. The second-order valence-electron chi connectivity index (χ2n) is 4.35. The lowest BCUT2D eigenvalue weighted by molar-refractivity contribution is 0.557. The van der Waals surface area contributed by atoms with Crippen LogP contribution >= 0.6 is 34.5 Å². The van der Waals surface area contributed by atoms with Gasteiger partial charge in [0, 0.05) is 17.0 Å². The molecule has 3 nitrogen and oxygen atoms in total. The molecule has 0 radical (unpaired) electrons. The number of nitriles is 1. The molecular weight excluding hydrogens is 339 g/mol. The summed E-state index contributed by atoms with van der Waals surface area (Å²) in [6.07, 6.45) is 3.22. The van der Waals surface area contributed by atoms with Crippen LogP contribution in [0.3, 0.4) is 0 Å². The Morgan fingerprint density at radius 3 is 2.82 bits per heavy atom. The smallest absolute Gasteiger partial charge is 0.134 e. The summed E-state index contributed by atoms with van der Waals surface area (Å²) in [6, 6.07) is 11.0. The molecule has 0 N–H and O–H groups in total. The average Bonchev–Trinajstić information content (AvgIpc) is 3.18. The SMILES string of the molecule is N#C/C(=C/c1ccco1)c1nc(-c2ccc(Cl)c(Cl)c2)cs1. The summed E-state index contributed by atoms with van der Waals surface area (Å²) in [5.74, 6) is 0.614. The zero-order chi connectivity index (χ0) is 15.5. The summed E-state index contributed by atoms with van der Waals surface area (Å²) in [6.45, 7) is 0. The molecule has 0 atom stereocenters. The summed E-state index contributed by atoms with van der Waals surface area (Å²) in [5, 5.41) is 12.8. The number of hydrogen-bond acceptors (Lipinski definition) is 4. The fourth-order valence-corrected chi connectivity index (χ4v) is 2.94. The van der Waals surface area contributed by atoms with E-state index in [1.165, 1.54) is 11.3 Å². The number of furan rings is 1. The summed E-state index contributed by atoms with van der Waals surface area (Å²) < 4.78 is 5.22. The maximum Gasteiger partial charge on any atom is 0.134 e. The maximum atomic E-state index is 9.31. The van der Waals surface area contributed by atoms with Gasteiger partial charge in [-0.15, -0.1) is 11.3 Å². The number of rotatable bonds is 3. The number of nitrogens with zero attached hydrogens (tertiary/aromatic N) is 2. The lowest BCUT2D eigenvalue weighted by atomic mass is 10.2. The van der Waals surface area contributed by atoms with E-state index in [1.807, 2.05) is 11.4 Å². The monoisotopic (exact) mass is 346 g/mol. The van der Waals surface area contributed by atoms with Crippen LogP contribution in [-0.2, 0) is 0 Å². The number of hydrogen-bond donors (Lipinski definition) is 0. The second kappa shape index (κ2) is 6.37. The molecule has 3 rings (SSSR count). The van der Waals surface area contributed by atoms with Crippen molar-refractivity contribution in [1.82, 2.24) is 4.98 Å². The summed E-state index contributed by atoms with van der Waals surface area (Å²) in [7, 11) is 0. The van der Waals surface area contributed by atoms with Gasteiger partial charge in [-0.3, -0.25) is 0 Å². The van der Waals surface area contributed by atoms with Crippen molar-refractivity contribution in [2.75, 3.05) is 0 Å². The third-order valence-electron chi connectivity index (χ3n) is 2.90. The summed E-state index contributed by atoms with van der Waals surface area (Å²) in [4.78, 5) is 4.49. The summed E-state index contributed by atoms with van der Waals surface area (Å²) in [5.41, 5.74) is 2.05. The van der Waals surface area contributed by atoms with Gasteiger partial charge in [-0.2, -0.15) is 5.26 Å². The normalized spacial score (nSPS) is 11.4. The molecule has 0 saturated heterocycles. The Hall–Kier alpha value is -2.06. The average molecular weight is 347 g/mol. The number of aromatic nitrogens is 1. The number of thiazole rings is 1. The molecule has 0 aliphatic rings. The van der Waals surface area contributed by atoms with E-state index >= 15 is 0 Å². The molecule has 2 heterocycles. The van der Waals surface area contributed by atoms with Gasteiger partial charge in [0.05, 0.1) is 27.6 Å². The van der Waals surface area contributed by atoms with E-state index in [0.717, 1.165) is 11.3 Å². The molecule has 6 heteroatoms. The molecule has 0 aliphatic heterocycles. The Kier molecular flexibility index (Phi) is 4.30. The van der Waals surface area contributed by atoms with Crippen LogP contribution in [0.25, 0.3) is 22.9 Å². The third kappa shape index (κ3) is 3.07. The van der Waals surface area contributed by atoms with Crippen molar-refractivity contribution < 1.29 is 4.42 Å². The first kappa shape index (κ1) is 14.9. The van der Waals surface area contributed by atoms with Crippen molar-refractivity contribution in [3.8, 4) is 17.3 Å². The van der Waals surface area contributed by atoms with Gasteiger partial charge in [-0.1, -0.05) is 29.3 Å². The topological polar surface area (TPSA) is 49.8 Å². The molecule has 3 aromatic rings. The van der Waals surface area contributed by atoms with Crippen molar-refractivity contribution in [3.05, 3.63) is 62.8 Å². The lowest BCUT2D eigenvalue weighted by Crippen LogP contribution is -1.83. The van der Waals surface area contributed by atoms with Crippen molar-refractivity contribution in [2.45, 2.75) is 0 Å². The minimum Gasteiger partial charge on any atom is -0.465 e. The molecule has 108 valence electrons. The Labute approximate surface area is 141 Å². The van der Waals surface area contributed by atoms with Gasteiger partial charge < -0.3 is 4.42 Å². The quantitative estimate of drug-likeness (QED) is 0.565. The van der Waals surface area contributed by atoms with Crippen LogP contribution in [-0.4, -0.2) is 4.98 Å². The van der Waals surface area contributed by atoms with Gasteiger partial charge in [-0.25, -0.2) is 4.98 Å². The predicted octanol–water partition coefficient (Wildman–Crippen LogP) is 5.77. The lowest BCUT2D eigenvalue weighted by Gasteiger charge is -1.99. The van der Waals surface area contributed by atoms with Gasteiger partial charge in [-0.05, 0) is 24.3 Å². The molecule has 0 amide bonds. The van der Waals surface area contributed by atoms with Crippen LogP contribution in [0, 0.1) is 11.3 Å². The van der Waals surface area contributed by atoms with Crippen molar-refractivity contribution in [1.29, 1.82) is 5.26 Å². The molecule has 0 saturated carbocycles. The van der Waals surface area contributed by atoms with Crippen LogP contribution in [0.15, 0.2) is 46.4 Å². The zero-order valence-electron chi connectivity index (χ0n) is 11.1. The van der Waals surface area contributed by atoms with Gasteiger partial charge in [0.15, 0.2) is 0 Å². The van der Waals surface area contributed by atoms with Crippen molar-refractivity contribution in [3.63, 3.8) is 0 Å². The van der Waals surface area contributed by atoms with E-state index in [2.05, 4.69) is 11.1 Å². The predicted molar refractivity (Wildman–Crippen MR) is 89.8 cm³/mol. The van der Waals surface area contributed by atoms with Crippen LogP contribution in [0.1, 0.15) is 10.8 Å². The number of benzene rings is 1. The van der Waals surface area contributed by atoms with E-state index in [4.69, 9.17) is 27.6 Å². The highest BCUT2D eigenvalue weighted by Gasteiger charge is 2.10. The van der Waals surface area contributed by atoms with E-state index in [1.54, 1.807) is 36.6 Å². The van der Waals surface area contributed by atoms with Gasteiger partial charge >= 0.3 is 0 Å². The highest BCUT2D eigenvalue weighted by Crippen LogP contribution is 2.31. The molecule has 1 aromatic carbocycles. The second-order valence-corrected chi connectivity index (χ2v) is 6.02. The Balaban J connectivity index is 1.96. The molecular formula is C16H8Cl2N2OS. The molecule has 0 unspecified atom stereocenters. The van der Waals surface area contributed by atoms with Gasteiger partial charge in [0.2, 0.25) is 0 Å². The van der Waals surface area contributed by atoms with Crippen LogP contribution in [0.5, 0.6) is 0 Å². The van der Waals surface area contributed by atoms with Crippen LogP contribution in [0.2, 0.25) is 10.0 Å². The van der Waals surface area contributed by atoms with E-state index in [-0.39, 0.29) is 0 Å². The highest BCUT2D eigenvalue weighted by atomic mass is 35.5. The van der Waals surface area contributed by atoms with E-state index in [9.17, 15) is 5.26 Å². The first-order valence-corrected chi connectivity index (χ1v) is 7.87. The van der Waals surface area contributed by atoms with E-state index in [0.29, 0.717) is 26.4 Å². The largest absolute Gasteiger partial charge is 0.465 e. The van der Waals surface area contributed by atoms with Crippen molar-refractivity contribution >= 4 is 46.2 Å². The molecule has 0 spiro atoms. The fraction of sp³-hybridized carbons (Fsp3) is 0. The minimum atomic E-state index is 0.450. The number of halogens is 2. The molecule has 0 fully saturated rings. The number of allylic oxidation sites excluding steroid dienone is 1. The Morgan fingerprint density at radius 1 is 1.27 bits per heavy atom. The van der Waals surface area contributed by atoms with Crippen molar-refractivity contribution in [2.24, 2.45) is 0 Å². The fourth-order valence-electron chi connectivity index (χ4n) is 1.84. The molecule has 2 aromatic heterocycles. The summed E-state index contributed by atoms with van der Waals surface area (Å²) >= 11 is 13.3. The highest BCUT2D eigenvalue weighted by molar-refractivity contribution is 7.11. The first-order chi connectivity index (χ1) is 10.7. The Morgan fingerprint density at radius 2 is 2.14 bits per heavy atom. The van der Waals surface area contributed by atoms with Crippen LogP contribution in [0.4, 0.5) is 0 Å². The molecule has 0 bridgehead atoms. The maximum absolute atomic E-state index is 9.31. The Bertz CT molecular complexity index is 876. The van der Waals surface area contributed by atoms with Gasteiger partial charge in [0.25, 0.3) is 0 Å². The minimum absolute atomic E-state index is 0.450. The van der Waals surface area contributed by atoms with Crippen LogP contribution < -0.4 is 0 Å². The first-order valence-electron chi connectivity index (χ1n) is 6.24. The zero-order valence-corrected chi connectivity index (χ0v) is 13.4. The standard InChI is InChI=1S/C16H8Cl2N2OS/c17-13-4-3-10(7-14(13)18)15-9-22-16(20-15)11(8-19)6-12-2-1-5-21-12/h1-7,9H/b11-6-. The van der Waals surface area contributed by atoms with Gasteiger partial charge in [0.1, 0.15) is 16.8 Å².